The maximum absolute atomic E-state index is 11.2. The van der Waals surface area contributed by atoms with Crippen LogP contribution in [-0.4, -0.2) is 29.1 Å². The van der Waals surface area contributed by atoms with E-state index in [9.17, 15) is 4.79 Å². The van der Waals surface area contributed by atoms with Crippen LogP contribution in [0.2, 0.25) is 0 Å². The lowest BCUT2D eigenvalue weighted by molar-refractivity contribution is 0.0699. The maximum Gasteiger partial charge on any atom is 0.336 e. The summed E-state index contributed by atoms with van der Waals surface area (Å²) in [6, 6.07) is 9.28. The Bertz CT molecular complexity index is 610. The van der Waals surface area contributed by atoms with E-state index in [1.165, 1.54) is 0 Å². The summed E-state index contributed by atoms with van der Waals surface area (Å²) >= 11 is 0. The van der Waals surface area contributed by atoms with Gasteiger partial charge in [0.25, 0.3) is 0 Å². The number of benzene rings is 1. The molecule has 4 nitrogen and oxygen atoms in total. The molecule has 1 aromatic heterocycles. The molecule has 0 aliphatic rings. The third-order valence-electron chi connectivity index (χ3n) is 3.56. The molecule has 2 rings (SSSR count). The second kappa shape index (κ2) is 5.26. The minimum Gasteiger partial charge on any atom is -0.478 e. The number of nitrogens with zero attached hydrogens (tertiary/aromatic N) is 2. The van der Waals surface area contributed by atoms with Gasteiger partial charge in [-0.3, -0.25) is 0 Å². The van der Waals surface area contributed by atoms with E-state index >= 15 is 0 Å². The highest BCUT2D eigenvalue weighted by molar-refractivity contribution is 6.02. The van der Waals surface area contributed by atoms with Crippen LogP contribution in [0.4, 0.5) is 5.82 Å². The molecule has 0 saturated carbocycles. The lowest BCUT2D eigenvalue weighted by atomic mass is 10.1. The number of carboxylic acids is 1. The molecule has 100 valence electrons. The summed E-state index contributed by atoms with van der Waals surface area (Å²) in [5.41, 5.74) is 1.01. The minimum atomic E-state index is -0.921. The fourth-order valence-corrected chi connectivity index (χ4v) is 2.03. The van der Waals surface area contributed by atoms with Gasteiger partial charge < -0.3 is 10.0 Å². The summed E-state index contributed by atoms with van der Waals surface area (Å²) in [7, 11) is 2.00. The fraction of sp³-hybridized carbons (Fsp3) is 0.333. The fourth-order valence-electron chi connectivity index (χ4n) is 2.03. The Kier molecular flexibility index (Phi) is 3.69. The van der Waals surface area contributed by atoms with Gasteiger partial charge in [0.15, 0.2) is 0 Å². The van der Waals surface area contributed by atoms with Crippen molar-refractivity contribution in [2.75, 3.05) is 11.9 Å². The van der Waals surface area contributed by atoms with Gasteiger partial charge in [0.1, 0.15) is 5.82 Å². The average molecular weight is 258 g/mol. The van der Waals surface area contributed by atoms with Gasteiger partial charge in [0.2, 0.25) is 0 Å². The summed E-state index contributed by atoms with van der Waals surface area (Å²) in [5.74, 6) is -0.0557. The summed E-state index contributed by atoms with van der Waals surface area (Å²) in [4.78, 5) is 17.8. The van der Waals surface area contributed by atoms with Gasteiger partial charge in [0.05, 0.1) is 11.1 Å². The average Bonchev–Trinajstić information content (AvgIpc) is 2.44. The van der Waals surface area contributed by atoms with Crippen molar-refractivity contribution >= 4 is 22.7 Å². The molecule has 4 heteroatoms. The van der Waals surface area contributed by atoms with Gasteiger partial charge in [-0.05, 0) is 37.6 Å². The SMILES string of the molecule is CCC(C)N(C)c1ccc2c(C(=O)O)cccc2n1. The summed E-state index contributed by atoms with van der Waals surface area (Å²) in [6.07, 6.45) is 1.03. The lowest BCUT2D eigenvalue weighted by Crippen LogP contribution is -2.28. The molecule has 0 bridgehead atoms. The van der Waals surface area contributed by atoms with Gasteiger partial charge in [-0.25, -0.2) is 9.78 Å². The van der Waals surface area contributed by atoms with E-state index < -0.39 is 5.97 Å². The van der Waals surface area contributed by atoms with Crippen LogP contribution in [0.5, 0.6) is 0 Å². The molecule has 0 spiro atoms. The zero-order chi connectivity index (χ0) is 14.0. The first-order valence-corrected chi connectivity index (χ1v) is 6.40. The van der Waals surface area contributed by atoms with E-state index in [4.69, 9.17) is 5.11 Å². The van der Waals surface area contributed by atoms with Crippen molar-refractivity contribution in [3.8, 4) is 0 Å². The minimum absolute atomic E-state index is 0.294. The highest BCUT2D eigenvalue weighted by Crippen LogP contribution is 2.22. The third kappa shape index (κ3) is 2.52. The largest absolute Gasteiger partial charge is 0.478 e. The first-order valence-electron chi connectivity index (χ1n) is 6.40. The van der Waals surface area contributed by atoms with Gasteiger partial charge in [-0.15, -0.1) is 0 Å². The molecule has 0 fully saturated rings. The molecule has 2 aromatic rings. The Labute approximate surface area is 112 Å². The highest BCUT2D eigenvalue weighted by atomic mass is 16.4. The zero-order valence-electron chi connectivity index (χ0n) is 11.4. The van der Waals surface area contributed by atoms with Crippen LogP contribution in [0.3, 0.4) is 0 Å². The molecule has 1 N–H and O–H groups in total. The van der Waals surface area contributed by atoms with Crippen molar-refractivity contribution in [3.05, 3.63) is 35.9 Å². The predicted octanol–water partition coefficient (Wildman–Crippen LogP) is 3.17. The Hall–Kier alpha value is -2.10. The normalized spacial score (nSPS) is 12.4. The number of pyridine rings is 1. The van der Waals surface area contributed by atoms with Gasteiger partial charge in [-0.1, -0.05) is 13.0 Å². The van der Waals surface area contributed by atoms with Gasteiger partial charge in [-0.2, -0.15) is 0 Å². The van der Waals surface area contributed by atoms with Crippen molar-refractivity contribution in [1.82, 2.24) is 4.98 Å². The zero-order valence-corrected chi connectivity index (χ0v) is 11.4. The molecule has 0 aliphatic heterocycles. The molecular weight excluding hydrogens is 240 g/mol. The van der Waals surface area contributed by atoms with Crippen LogP contribution in [0.15, 0.2) is 30.3 Å². The third-order valence-corrected chi connectivity index (χ3v) is 3.56. The molecule has 0 amide bonds. The second-order valence-corrected chi connectivity index (χ2v) is 4.72. The van der Waals surface area contributed by atoms with Crippen LogP contribution in [0, 0.1) is 0 Å². The first kappa shape index (κ1) is 13.3. The standard InChI is InChI=1S/C15H18N2O2/c1-4-10(2)17(3)14-9-8-11-12(15(18)19)6-5-7-13(11)16-14/h5-10H,4H2,1-3H3,(H,18,19). The number of aromatic carboxylic acids is 1. The topological polar surface area (TPSA) is 53.4 Å². The monoisotopic (exact) mass is 258 g/mol. The van der Waals surface area contributed by atoms with Crippen LogP contribution >= 0.6 is 0 Å². The maximum atomic E-state index is 11.2. The van der Waals surface area contributed by atoms with Crippen LogP contribution in [0.25, 0.3) is 10.9 Å². The quantitative estimate of drug-likeness (QED) is 0.915. The molecule has 1 heterocycles. The molecule has 1 unspecified atom stereocenters. The molecule has 0 saturated heterocycles. The highest BCUT2D eigenvalue weighted by Gasteiger charge is 2.12. The molecule has 19 heavy (non-hydrogen) atoms. The molecule has 1 aromatic carbocycles. The molecular formula is C15H18N2O2. The van der Waals surface area contributed by atoms with E-state index in [0.717, 1.165) is 12.2 Å². The van der Waals surface area contributed by atoms with Gasteiger partial charge >= 0.3 is 5.97 Å². The number of hydrogen-bond acceptors (Lipinski definition) is 3. The van der Waals surface area contributed by atoms with E-state index in [1.54, 1.807) is 12.1 Å². The van der Waals surface area contributed by atoms with E-state index in [1.807, 2.05) is 25.2 Å². The first-order chi connectivity index (χ1) is 9.04. The van der Waals surface area contributed by atoms with E-state index in [-0.39, 0.29) is 0 Å². The van der Waals surface area contributed by atoms with Crippen molar-refractivity contribution < 1.29 is 9.90 Å². The number of carbonyl (C=O) groups is 1. The van der Waals surface area contributed by atoms with Gasteiger partial charge in [0, 0.05) is 18.5 Å². The lowest BCUT2D eigenvalue weighted by Gasteiger charge is -2.25. The number of carboxylic acid groups (broad SMARTS) is 1. The number of anilines is 1. The van der Waals surface area contributed by atoms with Crippen molar-refractivity contribution in [1.29, 1.82) is 0 Å². The predicted molar refractivity (Wildman–Crippen MR) is 76.9 cm³/mol. The molecule has 0 aliphatic carbocycles. The number of hydrogen-bond donors (Lipinski definition) is 1. The Morgan fingerprint density at radius 1 is 1.37 bits per heavy atom. The number of aromatic nitrogens is 1. The van der Waals surface area contributed by atoms with Crippen molar-refractivity contribution in [2.24, 2.45) is 0 Å². The van der Waals surface area contributed by atoms with E-state index in [0.29, 0.717) is 22.5 Å². The molecule has 0 radical (unpaired) electrons. The van der Waals surface area contributed by atoms with Crippen molar-refractivity contribution in [2.45, 2.75) is 26.3 Å². The summed E-state index contributed by atoms with van der Waals surface area (Å²) in [5, 5.41) is 9.83. The Morgan fingerprint density at radius 3 is 2.74 bits per heavy atom. The Balaban J connectivity index is 2.50. The summed E-state index contributed by atoms with van der Waals surface area (Å²) < 4.78 is 0. The van der Waals surface area contributed by atoms with Crippen LogP contribution < -0.4 is 4.90 Å². The number of fused-ring (bicyclic) bond motifs is 1. The van der Waals surface area contributed by atoms with Crippen LogP contribution in [0.1, 0.15) is 30.6 Å². The molecule has 1 atom stereocenters. The Morgan fingerprint density at radius 2 is 2.11 bits per heavy atom. The van der Waals surface area contributed by atoms with E-state index in [2.05, 4.69) is 23.7 Å². The van der Waals surface area contributed by atoms with Crippen LogP contribution in [-0.2, 0) is 0 Å². The smallest absolute Gasteiger partial charge is 0.336 e. The second-order valence-electron chi connectivity index (χ2n) is 4.72. The number of rotatable bonds is 4. The van der Waals surface area contributed by atoms with Crippen molar-refractivity contribution in [3.63, 3.8) is 0 Å². The summed E-state index contributed by atoms with van der Waals surface area (Å²) in [6.45, 7) is 4.27.